The largest absolute Gasteiger partial charge is 0.456 e. The third kappa shape index (κ3) is 5.21. The quantitative estimate of drug-likeness (QED) is 0.424. The standard InChI is InChI=1S/C22H26N4O/c1-25-12-10-16-4-2-6-18(14-16)20-8-9-21(27-20)19-7-3-5-17(15-19)11-13-26-22(23)24/h2-9,14-15,25H,10-13H2,1H3,(H4,23,24,26). The highest BCUT2D eigenvalue weighted by Gasteiger charge is 2.08. The Kier molecular flexibility index (Phi) is 6.28. The first-order chi connectivity index (χ1) is 13.2. The SMILES string of the molecule is CNCCc1cccc(-c2ccc(-c3cccc(CCN=C(N)N)c3)o2)c1. The molecule has 140 valence electrons. The molecule has 2 aromatic carbocycles. The lowest BCUT2D eigenvalue weighted by Gasteiger charge is -2.04. The van der Waals surface area contributed by atoms with Crippen LogP contribution in [0.15, 0.2) is 70.1 Å². The molecule has 0 bridgehead atoms. The van der Waals surface area contributed by atoms with Gasteiger partial charge in [-0.25, -0.2) is 0 Å². The fourth-order valence-corrected chi connectivity index (χ4v) is 2.99. The van der Waals surface area contributed by atoms with Gasteiger partial charge in [-0.1, -0.05) is 36.4 Å². The molecular weight excluding hydrogens is 336 g/mol. The van der Waals surface area contributed by atoms with Gasteiger partial charge < -0.3 is 21.2 Å². The van der Waals surface area contributed by atoms with E-state index in [1.165, 1.54) is 11.1 Å². The molecule has 0 atom stereocenters. The summed E-state index contributed by atoms with van der Waals surface area (Å²) in [4.78, 5) is 4.04. The lowest BCUT2D eigenvalue weighted by atomic mass is 10.1. The molecular formula is C22H26N4O. The van der Waals surface area contributed by atoms with Crippen molar-refractivity contribution in [1.29, 1.82) is 0 Å². The molecule has 5 nitrogen and oxygen atoms in total. The molecule has 0 saturated carbocycles. The van der Waals surface area contributed by atoms with Crippen molar-refractivity contribution in [3.8, 4) is 22.6 Å². The van der Waals surface area contributed by atoms with Gasteiger partial charge in [0.25, 0.3) is 0 Å². The molecule has 1 heterocycles. The Morgan fingerprint density at radius 2 is 1.48 bits per heavy atom. The zero-order valence-electron chi connectivity index (χ0n) is 15.6. The van der Waals surface area contributed by atoms with Gasteiger partial charge in [0.15, 0.2) is 5.96 Å². The third-order valence-electron chi connectivity index (χ3n) is 4.39. The van der Waals surface area contributed by atoms with E-state index in [9.17, 15) is 0 Å². The Bertz CT molecular complexity index is 910. The van der Waals surface area contributed by atoms with Crippen molar-refractivity contribution < 1.29 is 4.42 Å². The van der Waals surface area contributed by atoms with Crippen LogP contribution in [0.25, 0.3) is 22.6 Å². The fourth-order valence-electron chi connectivity index (χ4n) is 2.99. The number of hydrogen-bond donors (Lipinski definition) is 3. The molecule has 0 aliphatic heterocycles. The van der Waals surface area contributed by atoms with Gasteiger partial charge >= 0.3 is 0 Å². The maximum atomic E-state index is 6.13. The summed E-state index contributed by atoms with van der Waals surface area (Å²) in [5.74, 6) is 1.86. The molecule has 0 aliphatic rings. The van der Waals surface area contributed by atoms with E-state index in [1.807, 2.05) is 25.2 Å². The van der Waals surface area contributed by atoms with Gasteiger partial charge in [0.2, 0.25) is 0 Å². The molecule has 5 N–H and O–H groups in total. The van der Waals surface area contributed by atoms with Crippen molar-refractivity contribution in [2.45, 2.75) is 12.8 Å². The van der Waals surface area contributed by atoms with E-state index in [4.69, 9.17) is 15.9 Å². The van der Waals surface area contributed by atoms with Crippen LogP contribution in [0.5, 0.6) is 0 Å². The molecule has 0 spiro atoms. The highest BCUT2D eigenvalue weighted by atomic mass is 16.3. The van der Waals surface area contributed by atoms with Crippen LogP contribution in [-0.2, 0) is 12.8 Å². The van der Waals surface area contributed by atoms with Crippen LogP contribution < -0.4 is 16.8 Å². The summed E-state index contributed by atoms with van der Waals surface area (Å²) in [7, 11) is 1.97. The van der Waals surface area contributed by atoms with Crippen molar-refractivity contribution in [2.24, 2.45) is 16.5 Å². The van der Waals surface area contributed by atoms with Crippen LogP contribution in [0.2, 0.25) is 0 Å². The number of guanidine groups is 1. The van der Waals surface area contributed by atoms with Crippen molar-refractivity contribution in [3.63, 3.8) is 0 Å². The van der Waals surface area contributed by atoms with E-state index < -0.39 is 0 Å². The fraction of sp³-hybridized carbons (Fsp3) is 0.227. The first kappa shape index (κ1) is 18.7. The normalized spacial score (nSPS) is 10.7. The van der Waals surface area contributed by atoms with Gasteiger partial charge in [0.05, 0.1) is 0 Å². The number of benzene rings is 2. The number of hydrogen-bond acceptors (Lipinski definition) is 3. The van der Waals surface area contributed by atoms with E-state index in [1.54, 1.807) is 0 Å². The van der Waals surface area contributed by atoms with Crippen LogP contribution >= 0.6 is 0 Å². The van der Waals surface area contributed by atoms with Gasteiger partial charge in [-0.3, -0.25) is 4.99 Å². The minimum atomic E-state index is 0.124. The number of nitrogens with one attached hydrogen (secondary N) is 1. The summed E-state index contributed by atoms with van der Waals surface area (Å²) in [5.41, 5.74) is 15.4. The van der Waals surface area contributed by atoms with Crippen molar-refractivity contribution in [3.05, 3.63) is 71.8 Å². The highest BCUT2D eigenvalue weighted by Crippen LogP contribution is 2.29. The zero-order chi connectivity index (χ0) is 19.1. The number of likely N-dealkylation sites (N-methyl/N-ethyl adjacent to an activating group) is 1. The maximum Gasteiger partial charge on any atom is 0.185 e. The van der Waals surface area contributed by atoms with Gasteiger partial charge in [-0.2, -0.15) is 0 Å². The Balaban J connectivity index is 1.77. The second-order valence-corrected chi connectivity index (χ2v) is 6.47. The average molecular weight is 362 g/mol. The highest BCUT2D eigenvalue weighted by molar-refractivity contribution is 5.75. The second-order valence-electron chi connectivity index (χ2n) is 6.47. The van der Waals surface area contributed by atoms with E-state index in [0.29, 0.717) is 6.54 Å². The smallest absolute Gasteiger partial charge is 0.185 e. The summed E-state index contributed by atoms with van der Waals surface area (Å²) in [5, 5.41) is 3.18. The summed E-state index contributed by atoms with van der Waals surface area (Å²) < 4.78 is 6.13. The first-order valence-electron chi connectivity index (χ1n) is 9.14. The van der Waals surface area contributed by atoms with Gasteiger partial charge in [0.1, 0.15) is 11.5 Å². The third-order valence-corrected chi connectivity index (χ3v) is 4.39. The van der Waals surface area contributed by atoms with Crippen LogP contribution in [0, 0.1) is 0 Å². The van der Waals surface area contributed by atoms with Crippen LogP contribution in [0.1, 0.15) is 11.1 Å². The molecule has 3 rings (SSSR count). The molecule has 27 heavy (non-hydrogen) atoms. The van der Waals surface area contributed by atoms with Crippen LogP contribution in [0.3, 0.4) is 0 Å². The predicted octanol–water partition coefficient (Wildman–Crippen LogP) is 3.19. The number of nitrogens with two attached hydrogens (primary N) is 2. The summed E-state index contributed by atoms with van der Waals surface area (Å²) in [6.45, 7) is 1.54. The van der Waals surface area contributed by atoms with E-state index in [0.717, 1.165) is 42.0 Å². The van der Waals surface area contributed by atoms with Crippen molar-refractivity contribution >= 4 is 5.96 Å². The summed E-state index contributed by atoms with van der Waals surface area (Å²) in [6, 6.07) is 20.8. The van der Waals surface area contributed by atoms with Crippen LogP contribution in [0.4, 0.5) is 0 Å². The van der Waals surface area contributed by atoms with Gasteiger partial charge in [-0.05, 0) is 61.8 Å². The Morgan fingerprint density at radius 1 is 0.889 bits per heavy atom. The molecule has 0 aliphatic carbocycles. The van der Waals surface area contributed by atoms with Crippen molar-refractivity contribution in [2.75, 3.05) is 20.1 Å². The molecule has 1 aromatic heterocycles. The van der Waals surface area contributed by atoms with Crippen molar-refractivity contribution in [1.82, 2.24) is 5.32 Å². The first-order valence-corrected chi connectivity index (χ1v) is 9.14. The number of aliphatic imine (C=N–C) groups is 1. The zero-order valence-corrected chi connectivity index (χ0v) is 15.6. The molecule has 5 heteroatoms. The van der Waals surface area contributed by atoms with E-state index >= 15 is 0 Å². The number of rotatable bonds is 8. The molecule has 0 saturated heterocycles. The Morgan fingerprint density at radius 3 is 2.04 bits per heavy atom. The molecule has 0 amide bonds. The average Bonchev–Trinajstić information content (AvgIpc) is 3.17. The topological polar surface area (TPSA) is 89.6 Å². The molecule has 0 radical (unpaired) electrons. The monoisotopic (exact) mass is 362 g/mol. The maximum absolute atomic E-state index is 6.13. The minimum absolute atomic E-state index is 0.124. The Labute approximate surface area is 160 Å². The van der Waals surface area contributed by atoms with Gasteiger partial charge in [0, 0.05) is 17.7 Å². The lowest BCUT2D eigenvalue weighted by Crippen LogP contribution is -2.23. The second kappa shape index (κ2) is 9.05. The van der Waals surface area contributed by atoms with Gasteiger partial charge in [-0.15, -0.1) is 0 Å². The number of furan rings is 1. The summed E-state index contributed by atoms with van der Waals surface area (Å²) >= 11 is 0. The van der Waals surface area contributed by atoms with E-state index in [2.05, 4.69) is 52.8 Å². The van der Waals surface area contributed by atoms with E-state index in [-0.39, 0.29) is 5.96 Å². The molecule has 0 unspecified atom stereocenters. The predicted molar refractivity (Wildman–Crippen MR) is 112 cm³/mol. The number of nitrogens with zero attached hydrogens (tertiary/aromatic N) is 1. The molecule has 3 aromatic rings. The Hall–Kier alpha value is -3.05. The minimum Gasteiger partial charge on any atom is -0.456 e. The van der Waals surface area contributed by atoms with Crippen LogP contribution in [-0.4, -0.2) is 26.1 Å². The lowest BCUT2D eigenvalue weighted by molar-refractivity contribution is 0.597. The summed E-state index contributed by atoms with van der Waals surface area (Å²) in [6.07, 6.45) is 1.78. The molecule has 0 fully saturated rings.